The van der Waals surface area contributed by atoms with Gasteiger partial charge in [-0.3, -0.25) is 5.32 Å². The van der Waals surface area contributed by atoms with Crippen molar-refractivity contribution in [3.05, 3.63) is 40.9 Å². The van der Waals surface area contributed by atoms with Crippen molar-refractivity contribution in [2.24, 2.45) is 0 Å². The Kier molecular flexibility index (Phi) is 4.80. The Hall–Kier alpha value is -1.79. The largest absolute Gasteiger partial charge is 0.489 e. The number of nitrogens with zero attached hydrogens (tertiary/aromatic N) is 2. The summed E-state index contributed by atoms with van der Waals surface area (Å²) in [6.07, 6.45) is 3.33. The molecule has 5 nitrogen and oxygen atoms in total. The predicted molar refractivity (Wildman–Crippen MR) is 87.8 cm³/mol. The molecule has 0 unspecified atom stereocenters. The highest BCUT2D eigenvalue weighted by Gasteiger charge is 2.24. The molecule has 0 spiro atoms. The molecule has 0 radical (unpaired) electrons. The van der Waals surface area contributed by atoms with Gasteiger partial charge in [0, 0.05) is 37.5 Å². The monoisotopic (exact) mass is 337 g/mol. The molecule has 22 heavy (non-hydrogen) atoms. The molecule has 0 bridgehead atoms. The normalized spacial score (nSPS) is 15.6. The minimum atomic E-state index is -0.105. The summed E-state index contributed by atoms with van der Waals surface area (Å²) in [5, 5.41) is 5.87. The van der Waals surface area contributed by atoms with E-state index in [-0.39, 0.29) is 12.1 Å². The zero-order chi connectivity index (χ0) is 15.4. The van der Waals surface area contributed by atoms with Gasteiger partial charge in [0.05, 0.1) is 5.02 Å². The quantitative estimate of drug-likeness (QED) is 0.925. The second kappa shape index (κ2) is 6.98. The first-order valence-electron chi connectivity index (χ1n) is 7.09. The maximum Gasteiger partial charge on any atom is 0.323 e. The zero-order valence-corrected chi connectivity index (χ0v) is 13.4. The number of carbonyl (C=O) groups is 1. The summed E-state index contributed by atoms with van der Waals surface area (Å²) in [5.74, 6) is 0.704. The predicted octanol–water partition coefficient (Wildman–Crippen LogP) is 3.87. The Labute approximate surface area is 137 Å². The van der Waals surface area contributed by atoms with Crippen molar-refractivity contribution >= 4 is 34.1 Å². The van der Waals surface area contributed by atoms with Crippen LogP contribution in [0.15, 0.2) is 35.8 Å². The van der Waals surface area contributed by atoms with E-state index in [0.717, 1.165) is 12.8 Å². The average Bonchev–Trinajstić information content (AvgIpc) is 3.03. The number of likely N-dealkylation sites (tertiary alicyclic amines) is 1. The van der Waals surface area contributed by atoms with Crippen molar-refractivity contribution in [2.75, 3.05) is 18.4 Å². The van der Waals surface area contributed by atoms with Crippen molar-refractivity contribution in [1.82, 2.24) is 9.88 Å². The van der Waals surface area contributed by atoms with Crippen LogP contribution in [0.3, 0.4) is 0 Å². The summed E-state index contributed by atoms with van der Waals surface area (Å²) in [4.78, 5) is 17.9. The van der Waals surface area contributed by atoms with Crippen LogP contribution in [0.1, 0.15) is 12.8 Å². The van der Waals surface area contributed by atoms with Gasteiger partial charge in [0.25, 0.3) is 0 Å². The molecule has 1 saturated heterocycles. The van der Waals surface area contributed by atoms with E-state index in [2.05, 4.69) is 10.3 Å². The van der Waals surface area contributed by atoms with E-state index in [9.17, 15) is 4.79 Å². The van der Waals surface area contributed by atoms with Gasteiger partial charge in [0.2, 0.25) is 0 Å². The number of para-hydroxylation sites is 1. The lowest BCUT2D eigenvalue weighted by atomic mass is 10.1. The Bertz CT molecular complexity index is 627. The number of ether oxygens (including phenoxy) is 1. The Morgan fingerprint density at radius 1 is 1.36 bits per heavy atom. The fourth-order valence-electron chi connectivity index (χ4n) is 2.35. The number of urea groups is 1. The Morgan fingerprint density at radius 2 is 2.14 bits per heavy atom. The molecule has 7 heteroatoms. The summed E-state index contributed by atoms with van der Waals surface area (Å²) in [6, 6.07) is 7.35. The molecule has 1 aliphatic heterocycles. The van der Waals surface area contributed by atoms with Crippen LogP contribution in [0.5, 0.6) is 5.75 Å². The van der Waals surface area contributed by atoms with Crippen molar-refractivity contribution in [1.29, 1.82) is 0 Å². The third-order valence-electron chi connectivity index (χ3n) is 3.51. The molecule has 2 aromatic rings. The van der Waals surface area contributed by atoms with Gasteiger partial charge < -0.3 is 9.64 Å². The minimum Gasteiger partial charge on any atom is -0.489 e. The number of amides is 2. The number of halogens is 1. The Morgan fingerprint density at radius 3 is 2.82 bits per heavy atom. The summed E-state index contributed by atoms with van der Waals surface area (Å²) in [5.41, 5.74) is 0. The van der Waals surface area contributed by atoms with Gasteiger partial charge in [0.1, 0.15) is 11.9 Å². The van der Waals surface area contributed by atoms with Crippen LogP contribution in [0.4, 0.5) is 9.93 Å². The number of hydrogen-bond acceptors (Lipinski definition) is 4. The molecule has 1 aliphatic rings. The first kappa shape index (κ1) is 15.1. The molecule has 1 fully saturated rings. The van der Waals surface area contributed by atoms with Gasteiger partial charge in [-0.25, -0.2) is 9.78 Å². The van der Waals surface area contributed by atoms with Gasteiger partial charge in [-0.1, -0.05) is 23.7 Å². The fraction of sp³-hybridized carbons (Fsp3) is 0.333. The lowest BCUT2D eigenvalue weighted by molar-refractivity contribution is 0.115. The SMILES string of the molecule is O=C(Nc1nccs1)N1CCC(Oc2ccccc2Cl)CC1. The number of benzene rings is 1. The van der Waals surface area contributed by atoms with Gasteiger partial charge >= 0.3 is 6.03 Å². The van der Waals surface area contributed by atoms with Crippen LogP contribution >= 0.6 is 22.9 Å². The molecule has 0 aliphatic carbocycles. The van der Waals surface area contributed by atoms with Gasteiger partial charge in [-0.05, 0) is 12.1 Å². The highest BCUT2D eigenvalue weighted by atomic mass is 35.5. The molecule has 1 aromatic heterocycles. The number of thiazole rings is 1. The molecule has 1 N–H and O–H groups in total. The van der Waals surface area contributed by atoms with E-state index in [0.29, 0.717) is 29.0 Å². The first-order chi connectivity index (χ1) is 10.7. The molecular weight excluding hydrogens is 322 g/mol. The molecule has 0 atom stereocenters. The van der Waals surface area contributed by atoms with Crippen molar-refractivity contribution < 1.29 is 9.53 Å². The smallest absolute Gasteiger partial charge is 0.323 e. The molecule has 1 aromatic carbocycles. The van der Waals surface area contributed by atoms with Gasteiger partial charge in [-0.15, -0.1) is 11.3 Å². The highest BCUT2D eigenvalue weighted by Crippen LogP contribution is 2.27. The molecule has 2 heterocycles. The maximum atomic E-state index is 12.1. The van der Waals surface area contributed by atoms with Crippen molar-refractivity contribution in [3.8, 4) is 5.75 Å². The van der Waals surface area contributed by atoms with Crippen LogP contribution in [-0.2, 0) is 0 Å². The van der Waals surface area contributed by atoms with E-state index in [1.165, 1.54) is 11.3 Å². The number of aromatic nitrogens is 1. The van der Waals surface area contributed by atoms with Crippen molar-refractivity contribution in [3.63, 3.8) is 0 Å². The number of nitrogens with one attached hydrogen (secondary N) is 1. The lowest BCUT2D eigenvalue weighted by Crippen LogP contribution is -2.43. The highest BCUT2D eigenvalue weighted by molar-refractivity contribution is 7.13. The van der Waals surface area contributed by atoms with Crippen LogP contribution in [0.25, 0.3) is 0 Å². The number of anilines is 1. The third kappa shape index (κ3) is 3.69. The summed E-state index contributed by atoms with van der Waals surface area (Å²) in [6.45, 7) is 1.32. The number of piperidine rings is 1. The van der Waals surface area contributed by atoms with E-state index < -0.39 is 0 Å². The molecular formula is C15H16ClN3O2S. The second-order valence-electron chi connectivity index (χ2n) is 5.00. The lowest BCUT2D eigenvalue weighted by Gasteiger charge is -2.32. The van der Waals surface area contributed by atoms with Crippen LogP contribution in [0.2, 0.25) is 5.02 Å². The van der Waals surface area contributed by atoms with Crippen LogP contribution < -0.4 is 10.1 Å². The van der Waals surface area contributed by atoms with Gasteiger partial charge in [-0.2, -0.15) is 0 Å². The zero-order valence-electron chi connectivity index (χ0n) is 11.9. The standard InChI is InChI=1S/C15H16ClN3O2S/c16-12-3-1-2-4-13(12)21-11-5-8-19(9-6-11)15(20)18-14-17-7-10-22-14/h1-4,7,10-11H,5-6,8-9H2,(H,17,18,20). The second-order valence-corrected chi connectivity index (χ2v) is 6.30. The number of carbonyl (C=O) groups excluding carboxylic acids is 1. The molecule has 116 valence electrons. The molecule has 2 amide bonds. The summed E-state index contributed by atoms with van der Waals surface area (Å²) >= 11 is 7.51. The topological polar surface area (TPSA) is 54.5 Å². The average molecular weight is 338 g/mol. The Balaban J connectivity index is 1.50. The third-order valence-corrected chi connectivity index (χ3v) is 4.51. The van der Waals surface area contributed by atoms with E-state index in [4.69, 9.17) is 16.3 Å². The summed E-state index contributed by atoms with van der Waals surface area (Å²) in [7, 11) is 0. The van der Waals surface area contributed by atoms with Crippen molar-refractivity contribution in [2.45, 2.75) is 18.9 Å². The van der Waals surface area contributed by atoms with Crippen LogP contribution in [0, 0.1) is 0 Å². The number of rotatable bonds is 3. The van der Waals surface area contributed by atoms with E-state index >= 15 is 0 Å². The first-order valence-corrected chi connectivity index (χ1v) is 8.35. The minimum absolute atomic E-state index is 0.0869. The van der Waals surface area contributed by atoms with Crippen LogP contribution in [-0.4, -0.2) is 35.1 Å². The number of hydrogen-bond donors (Lipinski definition) is 1. The van der Waals surface area contributed by atoms with E-state index in [1.54, 1.807) is 11.1 Å². The summed E-state index contributed by atoms with van der Waals surface area (Å²) < 4.78 is 5.92. The molecule has 3 rings (SSSR count). The fourth-order valence-corrected chi connectivity index (χ4v) is 3.05. The van der Waals surface area contributed by atoms with Gasteiger partial charge in [0.15, 0.2) is 5.13 Å². The molecule has 0 saturated carbocycles. The maximum absolute atomic E-state index is 12.1. The van der Waals surface area contributed by atoms with E-state index in [1.807, 2.05) is 29.6 Å².